The maximum Gasteiger partial charge on any atom is 0.215 e. The van der Waals surface area contributed by atoms with Crippen LogP contribution in [0.5, 0.6) is 0 Å². The molecule has 0 bridgehead atoms. The zero-order valence-electron chi connectivity index (χ0n) is 20.9. The number of aryl methyl sites for hydroxylation is 1. The van der Waals surface area contributed by atoms with E-state index in [1.807, 2.05) is 37.3 Å². The highest BCUT2D eigenvalue weighted by Crippen LogP contribution is 2.69. The molecule has 0 N–H and O–H groups in total. The van der Waals surface area contributed by atoms with Crippen LogP contribution in [-0.2, 0) is 15.1 Å². The van der Waals surface area contributed by atoms with Gasteiger partial charge in [-0.15, -0.1) is 0 Å². The summed E-state index contributed by atoms with van der Waals surface area (Å²) in [4.78, 5) is 5.06. The highest BCUT2D eigenvalue weighted by molar-refractivity contribution is 7.71. The van der Waals surface area contributed by atoms with Crippen molar-refractivity contribution >= 4 is 12.6 Å². The molecule has 4 rings (SSSR count). The Hall–Kier alpha value is -2.12. The average Bonchev–Trinajstić information content (AvgIpc) is 3.11. The molecule has 3 atom stereocenters. The summed E-state index contributed by atoms with van der Waals surface area (Å²) in [6.07, 6.45) is 2.17. The molecule has 0 saturated carbocycles. The van der Waals surface area contributed by atoms with Crippen molar-refractivity contribution in [2.45, 2.75) is 78.8 Å². The fraction of sp³-hybridized carbons (Fsp3) is 0.464. The number of fused-ring (bicyclic) bond motifs is 3. The summed E-state index contributed by atoms with van der Waals surface area (Å²) in [6, 6.07) is 16.7. The molecule has 32 heavy (non-hydrogen) atoms. The molecule has 2 aromatic carbocycles. The lowest BCUT2D eigenvalue weighted by atomic mass is 9.67. The van der Waals surface area contributed by atoms with Crippen LogP contribution in [0.1, 0.15) is 76.9 Å². The molecule has 3 aromatic rings. The van der Waals surface area contributed by atoms with E-state index >= 15 is 4.57 Å². The van der Waals surface area contributed by atoms with Crippen LogP contribution in [0.4, 0.5) is 0 Å². The van der Waals surface area contributed by atoms with Crippen LogP contribution >= 0.6 is 7.29 Å². The third-order valence-corrected chi connectivity index (χ3v) is 12.3. The number of nitrogens with zero attached hydrogens (tertiary/aromatic N) is 2. The summed E-state index contributed by atoms with van der Waals surface area (Å²) in [7, 11) is -3.06. The lowest BCUT2D eigenvalue weighted by Gasteiger charge is -2.45. The quantitative estimate of drug-likeness (QED) is 0.377. The predicted octanol–water partition coefficient (Wildman–Crippen LogP) is 7.58. The average molecular weight is 449 g/mol. The Balaban J connectivity index is 2.16. The Kier molecular flexibility index (Phi) is 5.57. The van der Waals surface area contributed by atoms with E-state index in [-0.39, 0.29) is 5.41 Å². The molecule has 2 heterocycles. The van der Waals surface area contributed by atoms with E-state index in [2.05, 4.69) is 71.0 Å². The number of imidazole rings is 1. The molecular weight excluding hydrogens is 411 g/mol. The molecule has 0 saturated heterocycles. The molecule has 3 unspecified atom stereocenters. The summed E-state index contributed by atoms with van der Waals surface area (Å²) in [6.45, 7) is 17.7. The van der Waals surface area contributed by atoms with Gasteiger partial charge in [-0.3, -0.25) is 8.90 Å². The molecule has 170 valence electrons. The number of hydrogen-bond donors (Lipinski definition) is 0. The van der Waals surface area contributed by atoms with Crippen LogP contribution in [0, 0.1) is 19.8 Å². The van der Waals surface area contributed by atoms with Gasteiger partial charge < -0.3 is 0 Å². The number of hydrogen-bond acceptors (Lipinski definition) is 2. The summed E-state index contributed by atoms with van der Waals surface area (Å²) >= 11 is 0. The Morgan fingerprint density at radius 1 is 1.06 bits per heavy atom. The first kappa shape index (κ1) is 23.1. The minimum Gasteiger partial charge on any atom is -0.294 e. The molecular formula is C28H37N2OP. The first-order valence-corrected chi connectivity index (χ1v) is 13.6. The molecule has 1 aromatic heterocycles. The Morgan fingerprint density at radius 3 is 2.31 bits per heavy atom. The first-order chi connectivity index (χ1) is 15.1. The summed E-state index contributed by atoms with van der Waals surface area (Å²) < 4.78 is 17.4. The van der Waals surface area contributed by atoms with Crippen molar-refractivity contribution < 1.29 is 4.57 Å². The van der Waals surface area contributed by atoms with Gasteiger partial charge in [-0.1, -0.05) is 70.5 Å². The molecule has 0 spiro atoms. The molecule has 0 amide bonds. The third-order valence-electron chi connectivity index (χ3n) is 8.46. The largest absolute Gasteiger partial charge is 0.294 e. The fourth-order valence-electron chi connectivity index (χ4n) is 5.62. The van der Waals surface area contributed by atoms with E-state index in [1.165, 1.54) is 11.1 Å². The van der Waals surface area contributed by atoms with Gasteiger partial charge in [0.05, 0.1) is 10.9 Å². The second-order valence-corrected chi connectivity index (χ2v) is 13.4. The highest BCUT2D eigenvalue weighted by atomic mass is 31.2. The van der Waals surface area contributed by atoms with Crippen LogP contribution < -0.4 is 5.30 Å². The van der Waals surface area contributed by atoms with Crippen molar-refractivity contribution in [1.29, 1.82) is 0 Å². The standard InChI is InChI=1S/C28H37N2OP/c1-9-19(3)28(8,10-2)24-18-14-17-23-25(24)26-29-20(4)21(5)30(26)32(31,27(23,6)7)22-15-12-11-13-16-22/h11-19H,9-10H2,1-8H3. The van der Waals surface area contributed by atoms with Gasteiger partial charge in [-0.2, -0.15) is 0 Å². The van der Waals surface area contributed by atoms with Crippen molar-refractivity contribution in [2.75, 3.05) is 0 Å². The SMILES string of the molecule is CCC(C)C(C)(CC)c1cccc2c1-c1nc(C)c(C)n1P(=O)(c1ccccc1)C2(C)C. The molecule has 0 fully saturated rings. The first-order valence-electron chi connectivity index (χ1n) is 11.9. The Bertz CT molecular complexity index is 1210. The van der Waals surface area contributed by atoms with E-state index in [1.54, 1.807) is 0 Å². The van der Waals surface area contributed by atoms with Crippen LogP contribution in [0.2, 0.25) is 0 Å². The van der Waals surface area contributed by atoms with Gasteiger partial charge in [0.1, 0.15) is 5.82 Å². The maximum absolute atomic E-state index is 15.3. The second kappa shape index (κ2) is 7.73. The topological polar surface area (TPSA) is 34.9 Å². The molecule has 1 aliphatic rings. The van der Waals surface area contributed by atoms with Gasteiger partial charge in [-0.25, -0.2) is 4.98 Å². The lowest BCUT2D eigenvalue weighted by molar-refractivity contribution is 0.295. The number of benzene rings is 2. The fourth-order valence-corrected chi connectivity index (χ4v) is 9.07. The number of aromatic nitrogens is 2. The van der Waals surface area contributed by atoms with Crippen molar-refractivity contribution in [3.63, 3.8) is 0 Å². The van der Waals surface area contributed by atoms with Crippen molar-refractivity contribution in [3.05, 3.63) is 71.0 Å². The van der Waals surface area contributed by atoms with Crippen molar-refractivity contribution in [3.8, 4) is 11.4 Å². The second-order valence-electron chi connectivity index (χ2n) is 10.2. The van der Waals surface area contributed by atoms with Gasteiger partial charge >= 0.3 is 0 Å². The zero-order chi connectivity index (χ0) is 23.5. The highest BCUT2D eigenvalue weighted by Gasteiger charge is 2.53. The maximum atomic E-state index is 15.3. The van der Waals surface area contributed by atoms with Gasteiger partial charge in [0.25, 0.3) is 0 Å². The molecule has 1 aliphatic heterocycles. The van der Waals surface area contributed by atoms with Crippen molar-refractivity contribution in [2.24, 2.45) is 5.92 Å². The van der Waals surface area contributed by atoms with Crippen molar-refractivity contribution in [1.82, 2.24) is 9.32 Å². The summed E-state index contributed by atoms with van der Waals surface area (Å²) in [5, 5.41) is 0.331. The normalized spacial score (nSPS) is 22.0. The predicted molar refractivity (Wildman–Crippen MR) is 136 cm³/mol. The molecule has 0 radical (unpaired) electrons. The third kappa shape index (κ3) is 2.86. The Labute approximate surface area is 193 Å². The van der Waals surface area contributed by atoms with Crippen LogP contribution in [0.15, 0.2) is 48.5 Å². The van der Waals surface area contributed by atoms with Gasteiger partial charge in [0.15, 0.2) is 0 Å². The lowest BCUT2D eigenvalue weighted by Crippen LogP contribution is -2.36. The Morgan fingerprint density at radius 2 is 1.72 bits per heavy atom. The van der Waals surface area contributed by atoms with Gasteiger partial charge in [0.2, 0.25) is 7.29 Å². The zero-order valence-corrected chi connectivity index (χ0v) is 21.8. The summed E-state index contributed by atoms with van der Waals surface area (Å²) in [5.74, 6) is 1.40. The van der Waals surface area contributed by atoms with Crippen LogP contribution in [-0.4, -0.2) is 9.32 Å². The number of rotatable bonds is 5. The molecule has 0 aliphatic carbocycles. The van der Waals surface area contributed by atoms with E-state index in [4.69, 9.17) is 4.98 Å². The van der Waals surface area contributed by atoms with E-state index in [0.29, 0.717) is 5.92 Å². The molecule has 3 nitrogen and oxygen atoms in total. The monoisotopic (exact) mass is 448 g/mol. The van der Waals surface area contributed by atoms with Gasteiger partial charge in [0, 0.05) is 16.6 Å². The van der Waals surface area contributed by atoms with E-state index < -0.39 is 12.4 Å². The summed E-state index contributed by atoms with van der Waals surface area (Å²) in [5.41, 5.74) is 5.66. The van der Waals surface area contributed by atoms with Crippen LogP contribution in [0.3, 0.4) is 0 Å². The van der Waals surface area contributed by atoms with Crippen LogP contribution in [0.25, 0.3) is 11.4 Å². The van der Waals surface area contributed by atoms with E-state index in [0.717, 1.165) is 40.9 Å². The minimum absolute atomic E-state index is 0.0167. The minimum atomic E-state index is -3.06. The van der Waals surface area contributed by atoms with E-state index in [9.17, 15) is 0 Å². The smallest absolute Gasteiger partial charge is 0.215 e. The molecule has 4 heteroatoms. The van der Waals surface area contributed by atoms with Gasteiger partial charge in [-0.05, 0) is 68.7 Å².